The molecule has 114 valence electrons. The molecule has 1 amide bonds. The van der Waals surface area contributed by atoms with E-state index in [-0.39, 0.29) is 17.2 Å². The first-order valence-electron chi connectivity index (χ1n) is 7.22. The maximum atomic E-state index is 12.9. The van der Waals surface area contributed by atoms with Gasteiger partial charge in [0.25, 0.3) is 5.91 Å². The second-order valence-corrected chi connectivity index (χ2v) is 6.69. The van der Waals surface area contributed by atoms with Crippen molar-refractivity contribution >= 4 is 23.6 Å². The maximum absolute atomic E-state index is 12.9. The summed E-state index contributed by atoms with van der Waals surface area (Å²) in [5.41, 5.74) is 1.59. The fraction of sp³-hybridized carbons (Fsp3) is 0.500. The molecule has 0 radical (unpaired) electrons. The quantitative estimate of drug-likeness (QED) is 0.929. The molecule has 0 aromatic heterocycles. The van der Waals surface area contributed by atoms with Gasteiger partial charge in [0, 0.05) is 11.3 Å². The lowest BCUT2D eigenvalue weighted by Crippen LogP contribution is -2.47. The van der Waals surface area contributed by atoms with E-state index >= 15 is 0 Å². The van der Waals surface area contributed by atoms with Crippen molar-refractivity contribution in [2.75, 3.05) is 5.75 Å². The first-order chi connectivity index (χ1) is 9.97. The third kappa shape index (κ3) is 3.07. The van der Waals surface area contributed by atoms with E-state index in [9.17, 15) is 14.7 Å². The molecule has 1 aliphatic heterocycles. The van der Waals surface area contributed by atoms with Crippen molar-refractivity contribution in [3.8, 4) is 0 Å². The van der Waals surface area contributed by atoms with Crippen LogP contribution in [0.2, 0.25) is 0 Å². The lowest BCUT2D eigenvalue weighted by Gasteiger charge is -2.30. The Morgan fingerprint density at radius 2 is 2.05 bits per heavy atom. The van der Waals surface area contributed by atoms with Crippen LogP contribution in [-0.2, 0) is 11.2 Å². The van der Waals surface area contributed by atoms with Gasteiger partial charge in [0.15, 0.2) is 0 Å². The van der Waals surface area contributed by atoms with Crippen molar-refractivity contribution in [2.24, 2.45) is 5.92 Å². The Bertz CT molecular complexity index is 544. The topological polar surface area (TPSA) is 57.6 Å². The predicted octanol–water partition coefficient (Wildman–Crippen LogP) is 2.87. The molecule has 1 N–H and O–H groups in total. The van der Waals surface area contributed by atoms with Crippen molar-refractivity contribution in [1.29, 1.82) is 0 Å². The van der Waals surface area contributed by atoms with Gasteiger partial charge in [-0.15, -0.1) is 11.8 Å². The fourth-order valence-corrected chi connectivity index (χ4v) is 4.14. The van der Waals surface area contributed by atoms with Crippen LogP contribution >= 0.6 is 11.8 Å². The Labute approximate surface area is 129 Å². The summed E-state index contributed by atoms with van der Waals surface area (Å²) in [7, 11) is 0. The summed E-state index contributed by atoms with van der Waals surface area (Å²) in [5, 5.41) is 9.32. The lowest BCUT2D eigenvalue weighted by atomic mass is 10.0. The number of thioether (sulfide) groups is 1. The summed E-state index contributed by atoms with van der Waals surface area (Å²) < 4.78 is 0. The zero-order chi connectivity index (χ0) is 15.6. The number of hydrogen-bond acceptors (Lipinski definition) is 3. The highest BCUT2D eigenvalue weighted by molar-refractivity contribution is 8.00. The van der Waals surface area contributed by atoms with E-state index in [1.165, 1.54) is 0 Å². The van der Waals surface area contributed by atoms with Crippen LogP contribution in [0.5, 0.6) is 0 Å². The number of carbonyl (C=O) groups is 2. The van der Waals surface area contributed by atoms with Crippen molar-refractivity contribution in [1.82, 2.24) is 4.90 Å². The standard InChI is InChI=1S/C16H21NO3S/c1-4-11-7-5-6-8-12(11)14(18)17-13(16(19)20)9-21-15(17)10(2)3/h5-8,10,13,15H,4,9H2,1-3H3,(H,19,20). The van der Waals surface area contributed by atoms with Crippen molar-refractivity contribution in [3.63, 3.8) is 0 Å². The minimum absolute atomic E-state index is 0.0801. The van der Waals surface area contributed by atoms with E-state index in [0.717, 1.165) is 12.0 Å². The van der Waals surface area contributed by atoms with Gasteiger partial charge in [-0.1, -0.05) is 39.0 Å². The van der Waals surface area contributed by atoms with Crippen molar-refractivity contribution < 1.29 is 14.7 Å². The molecule has 2 rings (SSSR count). The van der Waals surface area contributed by atoms with Crippen LogP contribution in [0.15, 0.2) is 24.3 Å². The second-order valence-electron chi connectivity index (χ2n) is 5.55. The molecule has 1 heterocycles. The summed E-state index contributed by atoms with van der Waals surface area (Å²) in [5.74, 6) is -0.410. The minimum atomic E-state index is -0.923. The molecule has 5 heteroatoms. The molecule has 2 unspecified atom stereocenters. The maximum Gasteiger partial charge on any atom is 0.327 e. The zero-order valence-corrected chi connectivity index (χ0v) is 13.4. The average molecular weight is 307 g/mol. The number of carbonyl (C=O) groups excluding carboxylic acids is 1. The van der Waals surface area contributed by atoms with Gasteiger partial charge in [-0.25, -0.2) is 4.79 Å². The van der Waals surface area contributed by atoms with Crippen LogP contribution in [0.1, 0.15) is 36.7 Å². The van der Waals surface area contributed by atoms with E-state index in [2.05, 4.69) is 0 Å². The van der Waals surface area contributed by atoms with Gasteiger partial charge in [0.05, 0.1) is 5.37 Å². The first kappa shape index (κ1) is 15.9. The third-order valence-electron chi connectivity index (χ3n) is 3.75. The number of carboxylic acid groups (broad SMARTS) is 1. The average Bonchev–Trinajstić information content (AvgIpc) is 2.91. The van der Waals surface area contributed by atoms with Gasteiger partial charge in [-0.3, -0.25) is 4.79 Å². The largest absolute Gasteiger partial charge is 0.480 e. The Morgan fingerprint density at radius 1 is 1.38 bits per heavy atom. The van der Waals surface area contributed by atoms with Crippen molar-refractivity contribution in [2.45, 2.75) is 38.6 Å². The predicted molar refractivity (Wildman–Crippen MR) is 84.5 cm³/mol. The molecule has 1 aromatic rings. The van der Waals surface area contributed by atoms with Gasteiger partial charge in [0.1, 0.15) is 6.04 Å². The highest BCUT2D eigenvalue weighted by Crippen LogP contribution is 2.35. The molecule has 0 spiro atoms. The molecule has 21 heavy (non-hydrogen) atoms. The number of rotatable bonds is 4. The number of amides is 1. The lowest BCUT2D eigenvalue weighted by molar-refractivity contribution is -0.141. The Morgan fingerprint density at radius 3 is 2.62 bits per heavy atom. The van der Waals surface area contributed by atoms with E-state index < -0.39 is 12.0 Å². The molecule has 0 aliphatic carbocycles. The van der Waals surface area contributed by atoms with Gasteiger partial charge < -0.3 is 10.0 Å². The Kier molecular flexibility index (Phi) is 4.93. The summed E-state index contributed by atoms with van der Waals surface area (Å²) in [6, 6.07) is 6.72. The highest BCUT2D eigenvalue weighted by atomic mass is 32.2. The first-order valence-corrected chi connectivity index (χ1v) is 8.27. The van der Waals surface area contributed by atoms with E-state index in [4.69, 9.17) is 0 Å². The molecule has 1 aliphatic rings. The number of carboxylic acids is 1. The van der Waals surface area contributed by atoms with Gasteiger partial charge in [-0.2, -0.15) is 0 Å². The summed E-state index contributed by atoms with van der Waals surface area (Å²) in [4.78, 5) is 25.9. The van der Waals surface area contributed by atoms with Crippen LogP contribution in [0, 0.1) is 5.92 Å². The number of benzene rings is 1. The molecular weight excluding hydrogens is 286 g/mol. The van der Waals surface area contributed by atoms with Crippen LogP contribution in [0.3, 0.4) is 0 Å². The molecule has 2 atom stereocenters. The fourth-order valence-electron chi connectivity index (χ4n) is 2.67. The SMILES string of the molecule is CCc1ccccc1C(=O)N1C(C(=O)O)CSC1C(C)C. The normalized spacial score (nSPS) is 21.8. The summed E-state index contributed by atoms with van der Waals surface area (Å²) in [6.45, 7) is 6.04. The molecule has 1 aromatic carbocycles. The van der Waals surface area contributed by atoms with E-state index in [0.29, 0.717) is 11.3 Å². The van der Waals surface area contributed by atoms with Crippen LogP contribution < -0.4 is 0 Å². The number of aryl methyl sites for hydroxylation is 1. The molecular formula is C16H21NO3S. The number of hydrogen-bond donors (Lipinski definition) is 1. The van der Waals surface area contributed by atoms with Gasteiger partial charge in [-0.05, 0) is 24.0 Å². The zero-order valence-electron chi connectivity index (χ0n) is 12.6. The number of nitrogens with zero attached hydrogens (tertiary/aromatic N) is 1. The summed E-state index contributed by atoms with van der Waals surface area (Å²) >= 11 is 1.56. The van der Waals surface area contributed by atoms with E-state index in [1.807, 2.05) is 39.0 Å². The molecule has 0 bridgehead atoms. The van der Waals surface area contributed by atoms with Crippen LogP contribution in [-0.4, -0.2) is 39.1 Å². The second kappa shape index (κ2) is 6.52. The minimum Gasteiger partial charge on any atom is -0.480 e. The highest BCUT2D eigenvalue weighted by Gasteiger charge is 2.43. The molecule has 0 saturated carbocycles. The smallest absolute Gasteiger partial charge is 0.327 e. The van der Waals surface area contributed by atoms with Crippen molar-refractivity contribution in [3.05, 3.63) is 35.4 Å². The third-order valence-corrected chi connectivity index (χ3v) is 5.37. The monoisotopic (exact) mass is 307 g/mol. The van der Waals surface area contributed by atoms with Crippen LogP contribution in [0.25, 0.3) is 0 Å². The Balaban J connectivity index is 2.39. The Hall–Kier alpha value is -1.49. The number of aliphatic carboxylic acids is 1. The van der Waals surface area contributed by atoms with E-state index in [1.54, 1.807) is 22.7 Å². The molecule has 1 fully saturated rings. The molecule has 1 saturated heterocycles. The van der Waals surface area contributed by atoms with Gasteiger partial charge >= 0.3 is 5.97 Å². The van der Waals surface area contributed by atoms with Crippen LogP contribution in [0.4, 0.5) is 0 Å². The molecule has 4 nitrogen and oxygen atoms in total. The summed E-state index contributed by atoms with van der Waals surface area (Å²) in [6.07, 6.45) is 0.757. The van der Waals surface area contributed by atoms with Gasteiger partial charge in [0.2, 0.25) is 0 Å².